The van der Waals surface area contributed by atoms with Gasteiger partial charge in [-0.15, -0.1) is 0 Å². The number of hydrogen-bond acceptors (Lipinski definition) is 2. The lowest BCUT2D eigenvalue weighted by Gasteiger charge is -2.20. The zero-order valence-corrected chi connectivity index (χ0v) is 10.1. The molecule has 1 aromatic rings. The molecule has 1 aromatic carbocycles. The molecule has 0 radical (unpaired) electrons. The van der Waals surface area contributed by atoms with E-state index in [1.807, 2.05) is 30.4 Å². The predicted octanol–water partition coefficient (Wildman–Crippen LogP) is 3.31. The number of rotatable bonds is 5. The quantitative estimate of drug-likeness (QED) is 0.772. The van der Waals surface area contributed by atoms with Crippen LogP contribution >= 0.6 is 0 Å². The summed E-state index contributed by atoms with van der Waals surface area (Å²) in [4.78, 5) is 0. The minimum Gasteiger partial charge on any atom is -0.501 e. The van der Waals surface area contributed by atoms with Crippen LogP contribution in [0, 0.1) is 5.92 Å². The van der Waals surface area contributed by atoms with E-state index in [0.717, 1.165) is 12.2 Å². The van der Waals surface area contributed by atoms with Gasteiger partial charge in [0, 0.05) is 5.92 Å². The second-order valence-electron chi connectivity index (χ2n) is 4.13. The fraction of sp³-hybridized carbons (Fsp3) is 0.333. The monoisotopic (exact) mass is 230 g/mol. The predicted molar refractivity (Wildman–Crippen MR) is 68.4 cm³/mol. The molecule has 0 aromatic heterocycles. The lowest BCUT2D eigenvalue weighted by Crippen LogP contribution is -2.14. The van der Waals surface area contributed by atoms with E-state index in [4.69, 9.17) is 9.47 Å². The summed E-state index contributed by atoms with van der Waals surface area (Å²) in [5.41, 5.74) is 1.21. The maximum absolute atomic E-state index is 5.74. The molecule has 90 valence electrons. The van der Waals surface area contributed by atoms with Crippen molar-refractivity contribution in [3.63, 3.8) is 0 Å². The second kappa shape index (κ2) is 6.26. The smallest absolute Gasteiger partial charge is 0.101 e. The summed E-state index contributed by atoms with van der Waals surface area (Å²) in [6, 6.07) is 10.2. The van der Waals surface area contributed by atoms with E-state index in [2.05, 4.69) is 18.2 Å². The number of ether oxygens (including phenoxy) is 2. The molecular weight excluding hydrogens is 212 g/mol. The van der Waals surface area contributed by atoms with Gasteiger partial charge in [0.05, 0.1) is 20.3 Å². The Morgan fingerprint density at radius 1 is 1.24 bits per heavy atom. The van der Waals surface area contributed by atoms with Gasteiger partial charge in [-0.05, 0) is 18.1 Å². The molecule has 0 amide bonds. The summed E-state index contributed by atoms with van der Waals surface area (Å²) in [5.74, 6) is 1.37. The van der Waals surface area contributed by atoms with Crippen LogP contribution in [0.25, 0.3) is 0 Å². The Morgan fingerprint density at radius 2 is 2.06 bits per heavy atom. The van der Waals surface area contributed by atoms with Crippen molar-refractivity contribution in [1.82, 2.24) is 0 Å². The molecule has 2 heteroatoms. The lowest BCUT2D eigenvalue weighted by atomic mass is 9.99. The molecule has 17 heavy (non-hydrogen) atoms. The van der Waals surface area contributed by atoms with Crippen LogP contribution in [-0.4, -0.2) is 13.7 Å². The van der Waals surface area contributed by atoms with Gasteiger partial charge in [0.25, 0.3) is 0 Å². The molecule has 1 unspecified atom stereocenters. The maximum atomic E-state index is 5.74. The van der Waals surface area contributed by atoms with E-state index in [9.17, 15) is 0 Å². The van der Waals surface area contributed by atoms with Crippen LogP contribution in [0.3, 0.4) is 0 Å². The van der Waals surface area contributed by atoms with Crippen LogP contribution in [0.2, 0.25) is 0 Å². The van der Waals surface area contributed by atoms with Crippen LogP contribution in [0.15, 0.2) is 54.3 Å². The number of hydrogen-bond donors (Lipinski definition) is 0. The van der Waals surface area contributed by atoms with Gasteiger partial charge in [-0.1, -0.05) is 42.5 Å². The molecule has 0 aliphatic heterocycles. The third-order valence-electron chi connectivity index (χ3n) is 2.89. The summed E-state index contributed by atoms with van der Waals surface area (Å²) in [6.07, 6.45) is 7.19. The molecule has 0 saturated carbocycles. The van der Waals surface area contributed by atoms with Crippen molar-refractivity contribution in [2.45, 2.75) is 13.0 Å². The summed E-state index contributed by atoms with van der Waals surface area (Å²) < 4.78 is 11.1. The fourth-order valence-corrected chi connectivity index (χ4v) is 1.94. The van der Waals surface area contributed by atoms with E-state index in [-0.39, 0.29) is 0 Å². The molecule has 0 N–H and O–H groups in total. The largest absolute Gasteiger partial charge is 0.501 e. The molecule has 0 spiro atoms. The first kappa shape index (κ1) is 11.9. The minimum atomic E-state index is 0.355. The van der Waals surface area contributed by atoms with Gasteiger partial charge in [-0.2, -0.15) is 0 Å². The van der Waals surface area contributed by atoms with Crippen molar-refractivity contribution in [2.75, 3.05) is 13.7 Å². The van der Waals surface area contributed by atoms with Crippen molar-refractivity contribution in [1.29, 1.82) is 0 Å². The Bertz CT molecular complexity index is 393. The molecule has 1 aliphatic rings. The van der Waals surface area contributed by atoms with Crippen molar-refractivity contribution < 1.29 is 9.47 Å². The average molecular weight is 230 g/mol. The number of allylic oxidation sites excluding steroid dienone is 3. The highest BCUT2D eigenvalue weighted by Crippen LogP contribution is 2.21. The standard InChI is InChI=1S/C15H18O2/c1-16-15-10-6-5-9-14(15)12-17-11-13-7-3-2-4-8-13/h2-8,10,14H,9,11-12H2,1H3. The Morgan fingerprint density at radius 3 is 2.82 bits per heavy atom. The van der Waals surface area contributed by atoms with Crippen LogP contribution < -0.4 is 0 Å². The van der Waals surface area contributed by atoms with Gasteiger partial charge in [-0.3, -0.25) is 0 Å². The van der Waals surface area contributed by atoms with E-state index in [0.29, 0.717) is 19.1 Å². The molecule has 0 bridgehead atoms. The molecule has 2 nitrogen and oxygen atoms in total. The summed E-state index contributed by atoms with van der Waals surface area (Å²) in [7, 11) is 1.72. The van der Waals surface area contributed by atoms with Gasteiger partial charge < -0.3 is 9.47 Å². The highest BCUT2D eigenvalue weighted by atomic mass is 16.5. The number of benzene rings is 1. The second-order valence-corrected chi connectivity index (χ2v) is 4.13. The van der Waals surface area contributed by atoms with Crippen molar-refractivity contribution >= 4 is 0 Å². The van der Waals surface area contributed by atoms with Crippen molar-refractivity contribution in [2.24, 2.45) is 5.92 Å². The molecule has 0 saturated heterocycles. The molecule has 1 aliphatic carbocycles. The van der Waals surface area contributed by atoms with E-state index in [1.54, 1.807) is 7.11 Å². The van der Waals surface area contributed by atoms with E-state index < -0.39 is 0 Å². The van der Waals surface area contributed by atoms with Crippen molar-refractivity contribution in [3.05, 3.63) is 59.9 Å². The summed E-state index contributed by atoms with van der Waals surface area (Å²) in [6.45, 7) is 1.37. The molecular formula is C15H18O2. The zero-order chi connectivity index (χ0) is 11.9. The first-order valence-corrected chi connectivity index (χ1v) is 5.92. The highest BCUT2D eigenvalue weighted by molar-refractivity contribution is 5.17. The van der Waals surface area contributed by atoms with Gasteiger partial charge in [0.2, 0.25) is 0 Å². The summed E-state index contributed by atoms with van der Waals surface area (Å²) in [5, 5.41) is 0. The Kier molecular flexibility index (Phi) is 4.39. The normalized spacial score (nSPS) is 18.9. The minimum absolute atomic E-state index is 0.355. The third-order valence-corrected chi connectivity index (χ3v) is 2.89. The van der Waals surface area contributed by atoms with Crippen LogP contribution in [0.5, 0.6) is 0 Å². The fourth-order valence-electron chi connectivity index (χ4n) is 1.94. The number of methoxy groups -OCH3 is 1. The zero-order valence-electron chi connectivity index (χ0n) is 10.1. The average Bonchev–Trinajstić information content (AvgIpc) is 2.40. The van der Waals surface area contributed by atoms with Crippen LogP contribution in [0.1, 0.15) is 12.0 Å². The highest BCUT2D eigenvalue weighted by Gasteiger charge is 2.15. The molecule has 2 rings (SSSR count). The van der Waals surface area contributed by atoms with Gasteiger partial charge in [0.15, 0.2) is 0 Å². The van der Waals surface area contributed by atoms with Crippen LogP contribution in [0.4, 0.5) is 0 Å². The van der Waals surface area contributed by atoms with Crippen molar-refractivity contribution in [3.8, 4) is 0 Å². The van der Waals surface area contributed by atoms with Gasteiger partial charge in [0.1, 0.15) is 5.76 Å². The lowest BCUT2D eigenvalue weighted by molar-refractivity contribution is 0.0778. The Labute approximate surface area is 103 Å². The SMILES string of the molecule is COC1=CC=CCC1COCc1ccccc1. The maximum Gasteiger partial charge on any atom is 0.101 e. The van der Waals surface area contributed by atoms with Gasteiger partial charge >= 0.3 is 0 Å². The van der Waals surface area contributed by atoms with E-state index in [1.165, 1.54) is 5.56 Å². The molecule has 0 heterocycles. The van der Waals surface area contributed by atoms with Gasteiger partial charge in [-0.25, -0.2) is 0 Å². The molecule has 1 atom stereocenters. The Hall–Kier alpha value is -1.54. The summed E-state index contributed by atoms with van der Waals surface area (Å²) >= 11 is 0. The Balaban J connectivity index is 1.79. The van der Waals surface area contributed by atoms with Crippen LogP contribution in [-0.2, 0) is 16.1 Å². The van der Waals surface area contributed by atoms with E-state index >= 15 is 0 Å². The first-order valence-electron chi connectivity index (χ1n) is 5.92. The molecule has 0 fully saturated rings. The first-order chi connectivity index (χ1) is 8.40. The topological polar surface area (TPSA) is 18.5 Å². The third kappa shape index (κ3) is 3.46.